The Hall–Kier alpha value is -6.46. The van der Waals surface area contributed by atoms with Gasteiger partial charge >= 0.3 is 5.97 Å². The molecule has 4 aromatic carbocycles. The number of ketones is 1. The van der Waals surface area contributed by atoms with Crippen LogP contribution in [0, 0.1) is 16.7 Å². The number of carboxylic acids is 1. The second kappa shape index (κ2) is 27.0. The maximum absolute atomic E-state index is 13.7. The molecule has 3 N–H and O–H groups in total. The second-order valence-corrected chi connectivity index (χ2v) is 20.7. The van der Waals surface area contributed by atoms with Gasteiger partial charge in [0.15, 0.2) is 0 Å². The van der Waals surface area contributed by atoms with Crippen LogP contribution in [0.5, 0.6) is 0 Å². The molecule has 0 unspecified atom stereocenters. The molecule has 0 saturated heterocycles. The standard InChI is InChI=1S/C31H34ClNO3.C21H22N2O2.C9H13ClO2/c1-23(32)21-31(16-6-7-17-31)29(34)20-27(30(35)33(2)22-28-11-8-18-36-28)19-24-12-14-26(15-13-24)25-9-4-3-5-10-25;1-23(15-19-8-5-13-25-19)21(24)20(22)14-16-9-11-18(12-10-16)17-6-3-2-4-7-17;1-7(10)6-9(8(11)12)4-2-3-5-9/h3-5,8-15,18,27H,1,6-7,16-17,19-22H2,2H3;2-13,20H,14-15,22H2,1H3;1-6H2,(H,11,12)/t27-;20-;/m10./s1. The van der Waals surface area contributed by atoms with Gasteiger partial charge in [0, 0.05) is 41.9 Å². The van der Waals surface area contributed by atoms with E-state index in [4.69, 9.17) is 42.9 Å². The molecule has 2 aliphatic rings. The number of carbonyl (C=O) groups excluding carboxylic acids is 3. The smallest absolute Gasteiger partial charge is 0.309 e. The van der Waals surface area contributed by atoms with Crippen molar-refractivity contribution in [2.24, 2.45) is 22.5 Å². The first-order valence-electron chi connectivity index (χ1n) is 25.1. The van der Waals surface area contributed by atoms with Crippen LogP contribution in [-0.2, 0) is 45.1 Å². The van der Waals surface area contributed by atoms with Gasteiger partial charge in [-0.15, -0.1) is 0 Å². The SMILES string of the molecule is C=C(Cl)CC1(C(=O)C[C@@H](Cc2ccc(-c3ccccc3)cc2)C(=O)N(C)Cc2ccco2)CCCC1.C=C(Cl)CC1(C(=O)O)CCCC1.CN(Cc1ccco1)C(=O)[C@@H](N)Cc1ccc(-c2ccccc2)cc1. The number of carbonyl (C=O) groups is 4. The molecular formula is C61H69Cl2N3O7. The summed E-state index contributed by atoms with van der Waals surface area (Å²) in [5, 5.41) is 9.98. The highest BCUT2D eigenvalue weighted by atomic mass is 35.5. The number of furan rings is 2. The molecule has 8 rings (SSSR count). The normalized spacial score (nSPS) is 15.1. The van der Waals surface area contributed by atoms with Crippen molar-refractivity contribution in [3.8, 4) is 22.3 Å². The molecule has 2 heterocycles. The zero-order valence-electron chi connectivity index (χ0n) is 42.2. The van der Waals surface area contributed by atoms with Gasteiger partial charge in [0.25, 0.3) is 0 Å². The lowest BCUT2D eigenvalue weighted by molar-refractivity contribution is -0.148. The molecule has 73 heavy (non-hydrogen) atoms. The minimum atomic E-state index is -0.721. The van der Waals surface area contributed by atoms with Crippen LogP contribution in [0.2, 0.25) is 0 Å². The third-order valence-electron chi connectivity index (χ3n) is 14.1. The lowest BCUT2D eigenvalue weighted by Gasteiger charge is -2.30. The van der Waals surface area contributed by atoms with E-state index in [-0.39, 0.29) is 24.0 Å². The Morgan fingerprint density at radius 2 is 0.973 bits per heavy atom. The summed E-state index contributed by atoms with van der Waals surface area (Å²) in [5.41, 5.74) is 11.7. The molecule has 2 aromatic heterocycles. The van der Waals surface area contributed by atoms with Crippen molar-refractivity contribution in [2.75, 3.05) is 14.1 Å². The lowest BCUT2D eigenvalue weighted by atomic mass is 9.74. The molecule has 12 heteroatoms. The number of amides is 2. The van der Waals surface area contributed by atoms with Gasteiger partial charge in [-0.25, -0.2) is 0 Å². The number of hydrogen-bond acceptors (Lipinski definition) is 7. The van der Waals surface area contributed by atoms with Crippen molar-refractivity contribution in [3.05, 3.63) is 192 Å². The highest BCUT2D eigenvalue weighted by Crippen LogP contribution is 2.46. The number of nitrogens with two attached hydrogens (primary N) is 1. The number of allylic oxidation sites excluding steroid dienone is 2. The van der Waals surface area contributed by atoms with Crippen LogP contribution < -0.4 is 5.73 Å². The summed E-state index contributed by atoms with van der Waals surface area (Å²) in [7, 11) is 3.51. The average molecular weight is 1030 g/mol. The Morgan fingerprint density at radius 1 is 0.575 bits per heavy atom. The Balaban J connectivity index is 0.000000202. The van der Waals surface area contributed by atoms with Crippen LogP contribution in [0.1, 0.15) is 93.3 Å². The molecular weight excluding hydrogens is 958 g/mol. The van der Waals surface area contributed by atoms with Crippen LogP contribution in [-0.4, -0.2) is 58.6 Å². The number of nitrogens with zero attached hydrogens (tertiary/aromatic N) is 2. The summed E-state index contributed by atoms with van der Waals surface area (Å²) in [6, 6.07) is 43.6. The molecule has 0 radical (unpaired) electrons. The fourth-order valence-corrected chi connectivity index (χ4v) is 10.6. The third kappa shape index (κ3) is 16.3. The van der Waals surface area contributed by atoms with Gasteiger partial charge < -0.3 is 29.5 Å². The van der Waals surface area contributed by atoms with Gasteiger partial charge in [-0.3, -0.25) is 19.2 Å². The first-order valence-corrected chi connectivity index (χ1v) is 25.8. The van der Waals surface area contributed by atoms with E-state index in [1.54, 1.807) is 36.4 Å². The highest BCUT2D eigenvalue weighted by Gasteiger charge is 2.43. The summed E-state index contributed by atoms with van der Waals surface area (Å²) in [6.07, 6.45) is 12.4. The largest absolute Gasteiger partial charge is 0.481 e. The van der Waals surface area contributed by atoms with Crippen molar-refractivity contribution in [1.29, 1.82) is 0 Å². The summed E-state index contributed by atoms with van der Waals surface area (Å²) >= 11 is 11.8. The van der Waals surface area contributed by atoms with Gasteiger partial charge in [0.05, 0.1) is 37.1 Å². The average Bonchev–Trinajstić information content (AvgIpc) is 4.26. The van der Waals surface area contributed by atoms with Crippen molar-refractivity contribution < 1.29 is 33.1 Å². The van der Waals surface area contributed by atoms with E-state index in [0.29, 0.717) is 54.6 Å². The van der Waals surface area contributed by atoms with E-state index < -0.39 is 28.8 Å². The number of aliphatic carboxylic acids is 1. The fourth-order valence-electron chi connectivity index (χ4n) is 10.1. The molecule has 2 fully saturated rings. The summed E-state index contributed by atoms with van der Waals surface area (Å²) in [5.74, 6) is 0.271. The zero-order valence-corrected chi connectivity index (χ0v) is 43.7. The number of hydrogen-bond donors (Lipinski definition) is 2. The minimum Gasteiger partial charge on any atom is -0.481 e. The van der Waals surface area contributed by atoms with E-state index in [1.807, 2.05) is 72.8 Å². The molecule has 2 saturated carbocycles. The summed E-state index contributed by atoms with van der Waals surface area (Å²) in [6.45, 7) is 8.20. The maximum atomic E-state index is 13.7. The molecule has 10 nitrogen and oxygen atoms in total. The Bertz CT molecular complexity index is 2690. The van der Waals surface area contributed by atoms with E-state index in [9.17, 15) is 19.2 Å². The Kier molecular flexibility index (Phi) is 20.7. The highest BCUT2D eigenvalue weighted by molar-refractivity contribution is 6.29. The van der Waals surface area contributed by atoms with Crippen molar-refractivity contribution >= 4 is 46.8 Å². The minimum absolute atomic E-state index is 0.0512. The van der Waals surface area contributed by atoms with E-state index in [0.717, 1.165) is 84.9 Å². The van der Waals surface area contributed by atoms with Crippen molar-refractivity contribution in [2.45, 2.75) is 103 Å². The summed E-state index contributed by atoms with van der Waals surface area (Å²) in [4.78, 5) is 54.0. The van der Waals surface area contributed by atoms with E-state index in [1.165, 1.54) is 5.56 Å². The predicted molar refractivity (Wildman–Crippen MR) is 291 cm³/mol. The first-order chi connectivity index (χ1) is 35.1. The van der Waals surface area contributed by atoms with Gasteiger partial charge in [0.1, 0.15) is 17.3 Å². The van der Waals surface area contributed by atoms with Crippen molar-refractivity contribution in [1.82, 2.24) is 9.80 Å². The fraction of sp³-hybridized carbons (Fsp3) is 0.344. The number of likely N-dealkylation sites (N-methyl/N-ethyl adjacent to an activating group) is 1. The summed E-state index contributed by atoms with van der Waals surface area (Å²) < 4.78 is 10.7. The van der Waals surface area contributed by atoms with E-state index in [2.05, 4.69) is 73.8 Å². The van der Waals surface area contributed by atoms with Crippen LogP contribution in [0.15, 0.2) is 178 Å². The van der Waals surface area contributed by atoms with Crippen LogP contribution in [0.25, 0.3) is 22.3 Å². The first kappa shape index (κ1) is 55.8. The second-order valence-electron chi connectivity index (χ2n) is 19.7. The lowest BCUT2D eigenvalue weighted by Crippen LogP contribution is -2.42. The van der Waals surface area contributed by atoms with Crippen molar-refractivity contribution in [3.63, 3.8) is 0 Å². The van der Waals surface area contributed by atoms with Gasteiger partial charge in [-0.1, -0.05) is 171 Å². The predicted octanol–water partition coefficient (Wildman–Crippen LogP) is 13.7. The van der Waals surface area contributed by atoms with Crippen LogP contribution >= 0.6 is 23.2 Å². The quantitative estimate of drug-likeness (QED) is 0.0768. The number of benzene rings is 4. The molecule has 6 aromatic rings. The Morgan fingerprint density at radius 3 is 1.38 bits per heavy atom. The van der Waals surface area contributed by atoms with Gasteiger partial charge in [0.2, 0.25) is 11.8 Å². The van der Waals surface area contributed by atoms with Gasteiger partial charge in [-0.05, 0) is 109 Å². The Labute approximate surface area is 440 Å². The monoisotopic (exact) mass is 1030 g/mol. The van der Waals surface area contributed by atoms with Crippen LogP contribution in [0.3, 0.4) is 0 Å². The zero-order chi connectivity index (χ0) is 52.4. The molecule has 2 aliphatic carbocycles. The van der Waals surface area contributed by atoms with E-state index >= 15 is 0 Å². The molecule has 2 amide bonds. The third-order valence-corrected chi connectivity index (χ3v) is 14.4. The van der Waals surface area contributed by atoms with Gasteiger partial charge in [-0.2, -0.15) is 0 Å². The molecule has 0 bridgehead atoms. The number of carboxylic acid groups (broad SMARTS) is 1. The van der Waals surface area contributed by atoms with Crippen LogP contribution in [0.4, 0.5) is 0 Å². The number of halogens is 2. The maximum Gasteiger partial charge on any atom is 0.309 e. The molecule has 384 valence electrons. The number of rotatable bonds is 20. The topological polar surface area (TPSA) is 147 Å². The number of Topliss-reactive ketones (excluding diaryl/α,β-unsaturated/α-hetero) is 1. The molecule has 0 spiro atoms. The molecule has 0 aliphatic heterocycles. The molecule has 2 atom stereocenters.